The second kappa shape index (κ2) is 8.55. The number of hydrogen-bond donors (Lipinski definition) is 1. The minimum atomic E-state index is 0.531. The molecule has 118 valence electrons. The zero-order chi connectivity index (χ0) is 15.1. The van der Waals surface area contributed by atoms with Crippen LogP contribution in [-0.2, 0) is 0 Å². The molecule has 0 amide bonds. The molecule has 1 heterocycles. The Bertz CT molecular complexity index is 390. The molecule has 2 rings (SSSR count). The van der Waals surface area contributed by atoms with Crippen LogP contribution in [-0.4, -0.2) is 30.1 Å². The number of hydrogen-bond acceptors (Lipinski definition) is 2. The van der Waals surface area contributed by atoms with Crippen LogP contribution in [0.3, 0.4) is 0 Å². The number of rotatable bonds is 6. The molecule has 0 radical (unpaired) electrons. The lowest BCUT2D eigenvalue weighted by Crippen LogP contribution is -2.47. The molecule has 1 fully saturated rings. The fraction of sp³-hybridized carbons (Fsp3) is 0.684. The van der Waals surface area contributed by atoms with Gasteiger partial charge in [0.1, 0.15) is 0 Å². The van der Waals surface area contributed by atoms with Crippen LogP contribution in [0.5, 0.6) is 0 Å². The molecule has 1 aromatic carbocycles. The zero-order valence-electron chi connectivity index (χ0n) is 13.8. The highest BCUT2D eigenvalue weighted by Gasteiger charge is 2.27. The molecule has 1 aliphatic heterocycles. The monoisotopic (exact) mass is 288 g/mol. The molecule has 2 N–H and O–H groups in total. The first kappa shape index (κ1) is 16.5. The van der Waals surface area contributed by atoms with Gasteiger partial charge in [0.25, 0.3) is 0 Å². The maximum absolute atomic E-state index is 6.16. The predicted molar refractivity (Wildman–Crippen MR) is 91.6 cm³/mol. The van der Waals surface area contributed by atoms with Gasteiger partial charge in [-0.1, -0.05) is 57.0 Å². The van der Waals surface area contributed by atoms with Crippen molar-refractivity contribution in [3.63, 3.8) is 0 Å². The van der Waals surface area contributed by atoms with Gasteiger partial charge in [0, 0.05) is 18.6 Å². The van der Waals surface area contributed by atoms with E-state index in [2.05, 4.69) is 49.1 Å². The number of nitrogens with zero attached hydrogens (tertiary/aromatic N) is 1. The van der Waals surface area contributed by atoms with Crippen LogP contribution >= 0.6 is 0 Å². The van der Waals surface area contributed by atoms with Crippen LogP contribution in [0.25, 0.3) is 0 Å². The van der Waals surface area contributed by atoms with Gasteiger partial charge in [0.05, 0.1) is 0 Å². The molecule has 3 atom stereocenters. The average Bonchev–Trinajstić information content (AvgIpc) is 2.78. The highest BCUT2D eigenvalue weighted by molar-refractivity contribution is 5.19. The summed E-state index contributed by atoms with van der Waals surface area (Å²) in [4.78, 5) is 2.73. The van der Waals surface area contributed by atoms with Crippen LogP contribution < -0.4 is 5.73 Å². The molecule has 0 aliphatic carbocycles. The van der Waals surface area contributed by atoms with Crippen LogP contribution in [0.15, 0.2) is 30.3 Å². The van der Waals surface area contributed by atoms with E-state index in [0.29, 0.717) is 12.0 Å². The van der Waals surface area contributed by atoms with Crippen LogP contribution in [0, 0.1) is 0 Å². The fourth-order valence-electron chi connectivity index (χ4n) is 3.81. The standard InChI is InChI=1S/C19H32N2/c1-3-18-12-8-5-9-13-21(18)19(15-20)14-16(2)17-10-6-4-7-11-17/h4,6-7,10-11,16,18-19H,3,5,8-9,12-15,20H2,1-2H3. The van der Waals surface area contributed by atoms with E-state index in [1.165, 1.54) is 50.6 Å². The predicted octanol–water partition coefficient (Wildman–Crippen LogP) is 4.16. The normalized spacial score (nSPS) is 23.5. The van der Waals surface area contributed by atoms with Crippen molar-refractivity contribution < 1.29 is 0 Å². The van der Waals surface area contributed by atoms with Crippen molar-refractivity contribution in [2.75, 3.05) is 13.1 Å². The van der Waals surface area contributed by atoms with Crippen LogP contribution in [0.1, 0.15) is 63.9 Å². The molecule has 2 nitrogen and oxygen atoms in total. The molecule has 0 spiro atoms. The van der Waals surface area contributed by atoms with E-state index in [0.717, 1.165) is 12.6 Å². The largest absolute Gasteiger partial charge is 0.329 e. The van der Waals surface area contributed by atoms with Gasteiger partial charge in [0.15, 0.2) is 0 Å². The van der Waals surface area contributed by atoms with Gasteiger partial charge in [-0.25, -0.2) is 0 Å². The summed E-state index contributed by atoms with van der Waals surface area (Å²) in [6.45, 7) is 6.70. The number of benzene rings is 1. The first-order chi connectivity index (χ1) is 10.3. The fourth-order valence-corrected chi connectivity index (χ4v) is 3.81. The molecule has 0 bridgehead atoms. The summed E-state index contributed by atoms with van der Waals surface area (Å²) < 4.78 is 0. The van der Waals surface area contributed by atoms with Crippen molar-refractivity contribution in [3.8, 4) is 0 Å². The Hall–Kier alpha value is -0.860. The SMILES string of the molecule is CCC1CCCCCN1C(CN)CC(C)c1ccccc1. The van der Waals surface area contributed by atoms with E-state index < -0.39 is 0 Å². The molecule has 1 aliphatic rings. The van der Waals surface area contributed by atoms with Crippen molar-refractivity contribution in [1.29, 1.82) is 0 Å². The van der Waals surface area contributed by atoms with Crippen molar-refractivity contribution in [3.05, 3.63) is 35.9 Å². The first-order valence-electron chi connectivity index (χ1n) is 8.77. The topological polar surface area (TPSA) is 29.3 Å². The molecule has 0 saturated carbocycles. The molecule has 21 heavy (non-hydrogen) atoms. The molecular weight excluding hydrogens is 256 g/mol. The van der Waals surface area contributed by atoms with Crippen molar-refractivity contribution in [2.45, 2.75) is 70.4 Å². The van der Waals surface area contributed by atoms with E-state index in [1.54, 1.807) is 0 Å². The maximum Gasteiger partial charge on any atom is 0.0227 e. The van der Waals surface area contributed by atoms with E-state index in [9.17, 15) is 0 Å². The summed E-state index contributed by atoms with van der Waals surface area (Å²) in [6.07, 6.45) is 7.91. The Kier molecular flexibility index (Phi) is 6.72. The molecule has 1 aromatic rings. The Morgan fingerprint density at radius 3 is 2.62 bits per heavy atom. The Labute approximate surface area is 130 Å². The lowest BCUT2D eigenvalue weighted by molar-refractivity contribution is 0.125. The molecular formula is C19H32N2. The van der Waals surface area contributed by atoms with Gasteiger partial charge in [-0.15, -0.1) is 0 Å². The number of nitrogens with two attached hydrogens (primary N) is 1. The second-order valence-corrected chi connectivity index (χ2v) is 6.59. The maximum atomic E-state index is 6.16. The van der Waals surface area contributed by atoms with Gasteiger partial charge in [-0.2, -0.15) is 0 Å². The van der Waals surface area contributed by atoms with Crippen molar-refractivity contribution in [2.24, 2.45) is 5.73 Å². The molecule has 1 saturated heterocycles. The lowest BCUT2D eigenvalue weighted by atomic mass is 9.92. The van der Waals surface area contributed by atoms with Gasteiger partial charge in [0.2, 0.25) is 0 Å². The Balaban J connectivity index is 2.03. The number of likely N-dealkylation sites (tertiary alicyclic amines) is 1. The molecule has 0 aromatic heterocycles. The minimum Gasteiger partial charge on any atom is -0.329 e. The smallest absolute Gasteiger partial charge is 0.0227 e. The summed E-state index contributed by atoms with van der Waals surface area (Å²) in [5.74, 6) is 0.584. The summed E-state index contributed by atoms with van der Waals surface area (Å²) in [5.41, 5.74) is 7.60. The van der Waals surface area contributed by atoms with Crippen molar-refractivity contribution in [1.82, 2.24) is 4.90 Å². The van der Waals surface area contributed by atoms with Crippen molar-refractivity contribution >= 4 is 0 Å². The van der Waals surface area contributed by atoms with E-state index >= 15 is 0 Å². The highest BCUT2D eigenvalue weighted by atomic mass is 15.2. The van der Waals surface area contributed by atoms with Gasteiger partial charge >= 0.3 is 0 Å². The third kappa shape index (κ3) is 4.55. The lowest BCUT2D eigenvalue weighted by Gasteiger charge is -2.37. The summed E-state index contributed by atoms with van der Waals surface area (Å²) in [6, 6.07) is 12.1. The van der Waals surface area contributed by atoms with Crippen LogP contribution in [0.2, 0.25) is 0 Å². The third-order valence-electron chi connectivity index (χ3n) is 5.13. The minimum absolute atomic E-state index is 0.531. The summed E-state index contributed by atoms with van der Waals surface area (Å²) in [5, 5.41) is 0. The highest BCUT2D eigenvalue weighted by Crippen LogP contribution is 2.27. The van der Waals surface area contributed by atoms with Crippen LogP contribution in [0.4, 0.5) is 0 Å². The van der Waals surface area contributed by atoms with E-state index in [1.807, 2.05) is 0 Å². The second-order valence-electron chi connectivity index (χ2n) is 6.59. The van der Waals surface area contributed by atoms with Gasteiger partial charge in [-0.3, -0.25) is 4.90 Å². The van der Waals surface area contributed by atoms with Gasteiger partial charge in [-0.05, 0) is 43.7 Å². The molecule has 2 heteroatoms. The molecule has 3 unspecified atom stereocenters. The van der Waals surface area contributed by atoms with E-state index in [-0.39, 0.29) is 0 Å². The van der Waals surface area contributed by atoms with Gasteiger partial charge < -0.3 is 5.73 Å². The summed E-state index contributed by atoms with van der Waals surface area (Å²) in [7, 11) is 0. The quantitative estimate of drug-likeness (QED) is 0.851. The Morgan fingerprint density at radius 2 is 1.95 bits per heavy atom. The average molecular weight is 288 g/mol. The third-order valence-corrected chi connectivity index (χ3v) is 5.13. The van der Waals surface area contributed by atoms with E-state index in [4.69, 9.17) is 5.73 Å². The Morgan fingerprint density at radius 1 is 1.19 bits per heavy atom. The first-order valence-corrected chi connectivity index (χ1v) is 8.77. The summed E-state index contributed by atoms with van der Waals surface area (Å²) >= 11 is 0. The zero-order valence-corrected chi connectivity index (χ0v) is 13.8.